The van der Waals surface area contributed by atoms with Crippen LogP contribution in [0.15, 0.2) is 146 Å². The van der Waals surface area contributed by atoms with E-state index in [0.29, 0.717) is 19.6 Å². The van der Waals surface area contributed by atoms with E-state index in [4.69, 9.17) is 92.0 Å². The molecule has 0 aliphatic carbocycles. The van der Waals surface area contributed by atoms with Gasteiger partial charge in [0.25, 0.3) is 0 Å². The van der Waals surface area contributed by atoms with Crippen LogP contribution in [0.5, 0.6) is 0 Å². The van der Waals surface area contributed by atoms with Gasteiger partial charge in [-0.05, 0) is 165 Å². The summed E-state index contributed by atoms with van der Waals surface area (Å²) in [6.07, 6.45) is 6.58. The van der Waals surface area contributed by atoms with Gasteiger partial charge in [0, 0.05) is 200 Å². The molecule has 590 valence electrons. The largest absolute Gasteiger partial charge is 0.372 e. The summed E-state index contributed by atoms with van der Waals surface area (Å²) in [5.74, 6) is 0. The number of fused-ring (bicyclic) bond motifs is 18. The SMILES string of the molecule is CNCC1OCCc2sc3cc(C)c(Cl)cc3c21.CNCC1OCCc2sc3ccc(-c4ccccc4)cc3c21.CNCC1OCCc2sc3ccc(C)c(Cl)c3c21.Cc1cc2sc3c(c2cc1Cl)C(CN)OCC3.Cc1ccc2sc3c(c2c1Cl)C(CN)OCC3.NCC1OCCc2sc3ccc(-c4ccccc4)cc3c21. The monoisotopic (exact) mass is 1700 g/mol. The molecule has 113 heavy (non-hydrogen) atoms. The number of aryl methyl sites for hydroxylation is 4. The third-order valence-corrected chi connectivity index (χ3v) is 31.0. The summed E-state index contributed by atoms with van der Waals surface area (Å²) in [6.45, 7) is 17.1. The Labute approximate surface area is 706 Å². The van der Waals surface area contributed by atoms with Gasteiger partial charge in [-0.3, -0.25) is 0 Å². The predicted octanol–water partition coefficient (Wildman–Crippen LogP) is 22.8. The van der Waals surface area contributed by atoms with E-state index >= 15 is 0 Å². The fraction of sp³-hybridized carbons (Fsp3) is 0.341. The number of likely N-dealkylation sites (N-methyl/N-ethyl adjacent to an activating group) is 3. The molecule has 14 aromatic rings. The topological polar surface area (TPSA) is 170 Å². The molecular formula is C91H96Cl4N6O6S6. The van der Waals surface area contributed by atoms with Crippen LogP contribution in [0, 0.1) is 27.7 Å². The zero-order valence-electron chi connectivity index (χ0n) is 64.7. The van der Waals surface area contributed by atoms with Crippen LogP contribution in [0.2, 0.25) is 20.1 Å². The van der Waals surface area contributed by atoms with Crippen molar-refractivity contribution in [1.29, 1.82) is 0 Å². The molecule has 0 fully saturated rings. The third-order valence-electron chi connectivity index (χ3n) is 21.8. The van der Waals surface area contributed by atoms with Crippen LogP contribution in [0.3, 0.4) is 0 Å². The van der Waals surface area contributed by atoms with Crippen molar-refractivity contribution >= 4 is 175 Å². The van der Waals surface area contributed by atoms with E-state index < -0.39 is 0 Å². The van der Waals surface area contributed by atoms with Crippen molar-refractivity contribution in [2.24, 2.45) is 17.2 Å². The lowest BCUT2D eigenvalue weighted by Gasteiger charge is -2.24. The third kappa shape index (κ3) is 17.4. The molecule has 6 aromatic heterocycles. The van der Waals surface area contributed by atoms with Crippen LogP contribution >= 0.6 is 114 Å². The number of nitrogens with one attached hydrogen (secondary N) is 3. The lowest BCUT2D eigenvalue weighted by Crippen LogP contribution is -2.24. The standard InChI is InChI=1S/C19H19NOS.C18H17NOS.2C14H16ClNOS.2C13H14ClNOS/c1-20-12-16-19-15-11-14(13-5-3-2-4-6-13)7-8-17(15)22-18(19)9-10-21-16;19-11-15-18-14-10-13(12-4-2-1-3-5-12)6-7-16(14)21-17(18)8-9-20-15;1-8-5-13-9(6-10(8)15)14-11(7-16-2)17-4-3-12(14)18-13;1-8-3-4-10-13(14(8)15)12-9(7-16-2)17-6-5-11(12)18-10;1-7-4-12-8(5-9(7)14)13-10(6-15)16-3-2-11(13)17-12;1-7-2-3-9-12(13(7)14)11-8(6-15)16-5-4-10(11)17-9/h2-8,11,16,20H,9-10,12H2,1H3;1-7,10,15H,8-9,11,19H2;5-6,11,16H,3-4,7H2,1-2H3;3-4,9,16H,5-7H2,1-2H3;4-5,10H,2-3,6,15H2,1H3;2-3,8H,4-6,15H2,1H3. The van der Waals surface area contributed by atoms with Crippen molar-refractivity contribution in [3.8, 4) is 22.3 Å². The summed E-state index contributed by atoms with van der Waals surface area (Å²) in [4.78, 5) is 8.61. The van der Waals surface area contributed by atoms with Crippen molar-refractivity contribution < 1.29 is 28.4 Å². The Morgan fingerprint density at radius 1 is 0.310 bits per heavy atom. The smallest absolute Gasteiger partial charge is 0.0966 e. The Kier molecular flexibility index (Phi) is 27.3. The Morgan fingerprint density at radius 2 is 0.593 bits per heavy atom. The minimum absolute atomic E-state index is 0.00630. The number of nitrogens with two attached hydrogens (primary N) is 3. The quantitative estimate of drug-likeness (QED) is 0.0726. The Hall–Kier alpha value is -5.80. The highest BCUT2D eigenvalue weighted by atomic mass is 35.5. The molecule has 6 unspecified atom stereocenters. The first-order valence-corrected chi connectivity index (χ1v) is 45.3. The highest BCUT2D eigenvalue weighted by molar-refractivity contribution is 7.21. The van der Waals surface area contributed by atoms with Crippen molar-refractivity contribution in [3.05, 3.63) is 251 Å². The molecule has 0 bridgehead atoms. The number of hydrogen-bond acceptors (Lipinski definition) is 18. The Bertz CT molecular complexity index is 5700. The van der Waals surface area contributed by atoms with Crippen molar-refractivity contribution in [2.45, 2.75) is 103 Å². The van der Waals surface area contributed by atoms with Gasteiger partial charge in [-0.2, -0.15) is 0 Å². The second kappa shape index (κ2) is 37.4. The van der Waals surface area contributed by atoms with Gasteiger partial charge in [0.05, 0.1) is 86.3 Å². The Balaban J connectivity index is 0.000000107. The Morgan fingerprint density at radius 3 is 0.947 bits per heavy atom. The minimum atomic E-state index is 0.00630. The summed E-state index contributed by atoms with van der Waals surface area (Å²) < 4.78 is 42.9. The van der Waals surface area contributed by atoms with Gasteiger partial charge in [-0.1, -0.05) is 131 Å². The molecule has 9 N–H and O–H groups in total. The molecule has 6 aliphatic heterocycles. The van der Waals surface area contributed by atoms with Crippen molar-refractivity contribution in [2.75, 3.05) is 100 Å². The van der Waals surface area contributed by atoms with Crippen LogP contribution < -0.4 is 33.2 Å². The van der Waals surface area contributed by atoms with E-state index in [0.717, 1.165) is 146 Å². The van der Waals surface area contributed by atoms with E-state index in [-0.39, 0.29) is 36.6 Å². The van der Waals surface area contributed by atoms with E-state index in [9.17, 15) is 0 Å². The fourth-order valence-corrected chi connectivity index (χ4v) is 24.8. The lowest BCUT2D eigenvalue weighted by molar-refractivity contribution is 0.0460. The molecule has 0 saturated carbocycles. The molecule has 20 rings (SSSR count). The highest BCUT2D eigenvalue weighted by Crippen LogP contribution is 2.49. The second-order valence-corrected chi connectivity index (χ2v) is 37.5. The lowest BCUT2D eigenvalue weighted by atomic mass is 9.98. The van der Waals surface area contributed by atoms with Crippen LogP contribution in [-0.4, -0.2) is 100 Å². The first-order chi connectivity index (χ1) is 55.1. The highest BCUT2D eigenvalue weighted by Gasteiger charge is 2.32. The minimum Gasteiger partial charge on any atom is -0.372 e. The summed E-state index contributed by atoms with van der Waals surface area (Å²) in [7, 11) is 5.91. The molecule has 22 heteroatoms. The zero-order chi connectivity index (χ0) is 78.6. The maximum atomic E-state index is 6.50. The van der Waals surface area contributed by atoms with Crippen molar-refractivity contribution in [1.82, 2.24) is 16.0 Å². The molecule has 0 spiro atoms. The average Bonchev–Trinajstić information content (AvgIpc) is 1.65. The number of rotatable bonds is 11. The fourth-order valence-electron chi connectivity index (χ4n) is 16.2. The molecule has 0 radical (unpaired) electrons. The van der Waals surface area contributed by atoms with Gasteiger partial charge in [-0.25, -0.2) is 0 Å². The summed E-state index contributed by atoms with van der Waals surface area (Å²) >= 11 is 36.6. The van der Waals surface area contributed by atoms with Gasteiger partial charge >= 0.3 is 0 Å². The molecule has 0 amide bonds. The maximum Gasteiger partial charge on any atom is 0.0966 e. The maximum absolute atomic E-state index is 6.50. The van der Waals surface area contributed by atoms with Gasteiger partial charge < -0.3 is 61.6 Å². The van der Waals surface area contributed by atoms with Gasteiger partial charge in [0.15, 0.2) is 0 Å². The summed E-state index contributed by atoms with van der Waals surface area (Å²) in [5.41, 5.74) is 34.9. The average molecular weight is 1700 g/mol. The van der Waals surface area contributed by atoms with Gasteiger partial charge in [-0.15, -0.1) is 68.0 Å². The number of hydrogen-bond donors (Lipinski definition) is 6. The van der Waals surface area contributed by atoms with Gasteiger partial charge in [0.2, 0.25) is 0 Å². The van der Waals surface area contributed by atoms with Crippen LogP contribution in [-0.2, 0) is 66.9 Å². The number of benzene rings is 8. The van der Waals surface area contributed by atoms with E-state index in [1.165, 1.54) is 140 Å². The number of halogens is 4. The van der Waals surface area contributed by atoms with Crippen LogP contribution in [0.25, 0.3) is 82.8 Å². The molecule has 8 aromatic carbocycles. The first-order valence-electron chi connectivity index (χ1n) is 38.9. The summed E-state index contributed by atoms with van der Waals surface area (Å²) in [5, 5.41) is 20.6. The van der Waals surface area contributed by atoms with Gasteiger partial charge in [0.1, 0.15) is 0 Å². The van der Waals surface area contributed by atoms with Crippen LogP contribution in [0.4, 0.5) is 0 Å². The normalized spacial score (nSPS) is 18.7. The second-order valence-electron chi connectivity index (χ2n) is 29.2. The van der Waals surface area contributed by atoms with E-state index in [1.807, 2.05) is 109 Å². The number of ether oxygens (including phenoxy) is 6. The molecule has 12 heterocycles. The summed E-state index contributed by atoms with van der Waals surface area (Å²) in [6, 6.07) is 51.6. The zero-order valence-corrected chi connectivity index (χ0v) is 72.6. The molecule has 0 saturated heterocycles. The van der Waals surface area contributed by atoms with Crippen molar-refractivity contribution in [3.63, 3.8) is 0 Å². The molecule has 6 aliphatic rings. The predicted molar refractivity (Wildman–Crippen MR) is 484 cm³/mol. The van der Waals surface area contributed by atoms with E-state index in [2.05, 4.69) is 169 Å². The molecule has 6 atom stereocenters. The van der Waals surface area contributed by atoms with Crippen LogP contribution in [0.1, 0.15) is 122 Å². The van der Waals surface area contributed by atoms with E-state index in [1.54, 1.807) is 0 Å². The first kappa shape index (κ1) is 82.3. The number of thiophene rings is 6. The molecule has 12 nitrogen and oxygen atoms in total. The molecular weight excluding hydrogens is 1610 g/mol.